The molecular formula is C23H24BrN3O5. The van der Waals surface area contributed by atoms with Crippen LogP contribution in [0.5, 0.6) is 11.5 Å². The number of amides is 2. The van der Waals surface area contributed by atoms with E-state index in [1.807, 2.05) is 30.3 Å². The van der Waals surface area contributed by atoms with Crippen molar-refractivity contribution in [3.8, 4) is 23.8 Å². The Bertz CT molecular complexity index is 989. The van der Waals surface area contributed by atoms with Gasteiger partial charge in [-0.15, -0.1) is 6.42 Å². The Kier molecular flexibility index (Phi) is 10.1. The lowest BCUT2D eigenvalue weighted by atomic mass is 10.0. The standard InChI is InChI=1S/C23H24BrN3O5/c1-4-11-32-22-17(12-18(24)13-20(22)30-3)15-25-27-21(28)14-19(26-23(29)31-5-2)16-9-7-6-8-10-16/h1,6-10,12-13,15,19H,5,11,14H2,2-3H3,(H,26,29)(H,27,28)/b25-15-/t19-/m0/s1. The molecule has 0 radical (unpaired) electrons. The summed E-state index contributed by atoms with van der Waals surface area (Å²) in [7, 11) is 1.51. The highest BCUT2D eigenvalue weighted by atomic mass is 79.9. The molecule has 0 heterocycles. The molecule has 2 N–H and O–H groups in total. The summed E-state index contributed by atoms with van der Waals surface area (Å²) < 4.78 is 16.6. The summed E-state index contributed by atoms with van der Waals surface area (Å²) >= 11 is 3.39. The van der Waals surface area contributed by atoms with E-state index in [-0.39, 0.29) is 19.6 Å². The molecule has 2 amide bonds. The Labute approximate surface area is 195 Å². The number of nitrogens with zero attached hydrogens (tertiary/aromatic N) is 1. The number of halogens is 1. The van der Waals surface area contributed by atoms with Gasteiger partial charge in [0.2, 0.25) is 5.91 Å². The fourth-order valence-corrected chi connectivity index (χ4v) is 3.22. The summed E-state index contributed by atoms with van der Waals surface area (Å²) in [6.45, 7) is 1.98. The van der Waals surface area contributed by atoms with Crippen LogP contribution in [-0.2, 0) is 9.53 Å². The highest BCUT2D eigenvalue weighted by Crippen LogP contribution is 2.34. The molecule has 0 aliphatic heterocycles. The molecule has 2 aromatic rings. The van der Waals surface area contributed by atoms with Crippen LogP contribution < -0.4 is 20.2 Å². The molecule has 0 aliphatic rings. The minimum absolute atomic E-state index is 0.0393. The smallest absolute Gasteiger partial charge is 0.407 e. The lowest BCUT2D eigenvalue weighted by molar-refractivity contribution is -0.121. The van der Waals surface area contributed by atoms with Gasteiger partial charge in [-0.1, -0.05) is 52.2 Å². The number of methoxy groups -OCH3 is 1. The number of nitrogens with one attached hydrogen (secondary N) is 2. The third-order valence-corrected chi connectivity index (χ3v) is 4.58. The molecule has 0 bridgehead atoms. The van der Waals surface area contributed by atoms with Crippen LogP contribution in [0.25, 0.3) is 0 Å². The van der Waals surface area contributed by atoms with Crippen molar-refractivity contribution in [1.82, 2.24) is 10.7 Å². The van der Waals surface area contributed by atoms with Crippen LogP contribution in [0, 0.1) is 12.3 Å². The lowest BCUT2D eigenvalue weighted by Gasteiger charge is -2.18. The Morgan fingerprint density at radius 1 is 1.28 bits per heavy atom. The monoisotopic (exact) mass is 501 g/mol. The summed E-state index contributed by atoms with van der Waals surface area (Å²) in [5.74, 6) is 2.86. The zero-order valence-electron chi connectivity index (χ0n) is 17.8. The molecule has 32 heavy (non-hydrogen) atoms. The van der Waals surface area contributed by atoms with Crippen molar-refractivity contribution in [2.45, 2.75) is 19.4 Å². The van der Waals surface area contributed by atoms with E-state index in [1.54, 1.807) is 19.1 Å². The lowest BCUT2D eigenvalue weighted by Crippen LogP contribution is -2.33. The van der Waals surface area contributed by atoms with Gasteiger partial charge in [0.15, 0.2) is 11.5 Å². The van der Waals surface area contributed by atoms with Crippen LogP contribution >= 0.6 is 15.9 Å². The van der Waals surface area contributed by atoms with Gasteiger partial charge in [0.05, 0.1) is 32.4 Å². The van der Waals surface area contributed by atoms with Crippen LogP contribution in [0.15, 0.2) is 52.0 Å². The highest BCUT2D eigenvalue weighted by molar-refractivity contribution is 9.10. The van der Waals surface area contributed by atoms with E-state index in [4.69, 9.17) is 20.6 Å². The average Bonchev–Trinajstić information content (AvgIpc) is 2.78. The Morgan fingerprint density at radius 3 is 2.69 bits per heavy atom. The van der Waals surface area contributed by atoms with Crippen molar-refractivity contribution in [1.29, 1.82) is 0 Å². The van der Waals surface area contributed by atoms with Crippen LogP contribution in [0.1, 0.15) is 30.5 Å². The Balaban J connectivity index is 2.12. The van der Waals surface area contributed by atoms with E-state index in [0.29, 0.717) is 17.1 Å². The van der Waals surface area contributed by atoms with Gasteiger partial charge in [0.25, 0.3) is 0 Å². The topological polar surface area (TPSA) is 98.2 Å². The second kappa shape index (κ2) is 13.0. The van der Waals surface area contributed by atoms with Gasteiger partial charge in [-0.2, -0.15) is 5.10 Å². The number of carbonyl (C=O) groups excluding carboxylic acids is 2. The Hall–Kier alpha value is -3.51. The van der Waals surface area contributed by atoms with Crippen molar-refractivity contribution in [3.05, 3.63) is 58.1 Å². The molecule has 168 valence electrons. The number of rotatable bonds is 10. The molecule has 0 aliphatic carbocycles. The van der Waals surface area contributed by atoms with Crippen molar-refractivity contribution in [3.63, 3.8) is 0 Å². The number of hydrazone groups is 1. The molecule has 0 spiro atoms. The first-order valence-corrected chi connectivity index (χ1v) is 10.5. The molecule has 9 heteroatoms. The Morgan fingerprint density at radius 2 is 2.03 bits per heavy atom. The van der Waals surface area contributed by atoms with Crippen molar-refractivity contribution in [2.75, 3.05) is 20.3 Å². The molecule has 0 unspecified atom stereocenters. The highest BCUT2D eigenvalue weighted by Gasteiger charge is 2.19. The molecule has 0 saturated heterocycles. The van der Waals surface area contributed by atoms with Gasteiger partial charge in [0.1, 0.15) is 6.61 Å². The van der Waals surface area contributed by atoms with Crippen molar-refractivity contribution < 1.29 is 23.8 Å². The van der Waals surface area contributed by atoms with Gasteiger partial charge in [-0.25, -0.2) is 10.2 Å². The quantitative estimate of drug-likeness (QED) is 0.293. The molecule has 2 aromatic carbocycles. The van der Waals surface area contributed by atoms with E-state index >= 15 is 0 Å². The zero-order chi connectivity index (χ0) is 23.3. The van der Waals surface area contributed by atoms with Gasteiger partial charge in [0, 0.05) is 10.0 Å². The number of benzene rings is 2. The van der Waals surface area contributed by atoms with Gasteiger partial charge < -0.3 is 19.5 Å². The molecule has 0 fully saturated rings. The van der Waals surface area contributed by atoms with Crippen molar-refractivity contribution in [2.24, 2.45) is 5.10 Å². The minimum Gasteiger partial charge on any atom is -0.493 e. The second-order valence-corrected chi connectivity index (χ2v) is 7.26. The fraction of sp³-hybridized carbons (Fsp3) is 0.261. The maximum Gasteiger partial charge on any atom is 0.407 e. The molecule has 1 atom stereocenters. The largest absolute Gasteiger partial charge is 0.493 e. The maximum absolute atomic E-state index is 12.5. The third-order valence-electron chi connectivity index (χ3n) is 4.12. The third kappa shape index (κ3) is 7.63. The summed E-state index contributed by atoms with van der Waals surface area (Å²) in [4.78, 5) is 24.4. The first-order valence-electron chi connectivity index (χ1n) is 9.72. The van der Waals surface area contributed by atoms with E-state index in [0.717, 1.165) is 10.0 Å². The van der Waals surface area contributed by atoms with Gasteiger partial charge >= 0.3 is 6.09 Å². The SMILES string of the molecule is C#CCOc1c(/C=N\NC(=O)C[C@H](NC(=O)OCC)c2ccccc2)cc(Br)cc1OC. The molecular weight excluding hydrogens is 478 g/mol. The summed E-state index contributed by atoms with van der Waals surface area (Å²) in [6.07, 6.45) is 6.06. The van der Waals surface area contributed by atoms with E-state index in [9.17, 15) is 9.59 Å². The normalized spacial score (nSPS) is 11.3. The maximum atomic E-state index is 12.5. The predicted octanol–water partition coefficient (Wildman–Crippen LogP) is 3.80. The molecule has 0 aromatic heterocycles. The van der Waals surface area contributed by atoms with E-state index in [1.165, 1.54) is 13.3 Å². The molecule has 2 rings (SSSR count). The van der Waals surface area contributed by atoms with Crippen LogP contribution in [0.2, 0.25) is 0 Å². The first kappa shape index (κ1) is 24.8. The number of hydrogen-bond acceptors (Lipinski definition) is 6. The second-order valence-electron chi connectivity index (χ2n) is 6.34. The number of alkyl carbamates (subject to hydrolysis) is 1. The van der Waals surface area contributed by atoms with Crippen molar-refractivity contribution >= 4 is 34.1 Å². The van der Waals surface area contributed by atoms with Gasteiger partial charge in [-0.3, -0.25) is 4.79 Å². The van der Waals surface area contributed by atoms with Crippen LogP contribution in [0.4, 0.5) is 4.79 Å². The average molecular weight is 502 g/mol. The van der Waals surface area contributed by atoms with Gasteiger partial charge in [-0.05, 0) is 24.6 Å². The first-order chi connectivity index (χ1) is 15.5. The molecule has 8 nitrogen and oxygen atoms in total. The summed E-state index contributed by atoms with van der Waals surface area (Å²) in [5, 5.41) is 6.71. The molecule has 0 saturated carbocycles. The van der Waals surface area contributed by atoms with Crippen LogP contribution in [-0.4, -0.2) is 38.5 Å². The number of carbonyl (C=O) groups is 2. The van der Waals surface area contributed by atoms with E-state index < -0.39 is 18.0 Å². The zero-order valence-corrected chi connectivity index (χ0v) is 19.3. The van der Waals surface area contributed by atoms with E-state index in [2.05, 4.69) is 37.7 Å². The summed E-state index contributed by atoms with van der Waals surface area (Å²) in [6, 6.07) is 12.0. The van der Waals surface area contributed by atoms with Crippen LogP contribution in [0.3, 0.4) is 0 Å². The number of terminal acetylenes is 1. The number of ether oxygens (including phenoxy) is 3. The fourth-order valence-electron chi connectivity index (χ4n) is 2.76. The number of hydrogen-bond donors (Lipinski definition) is 2. The predicted molar refractivity (Wildman–Crippen MR) is 125 cm³/mol. The summed E-state index contributed by atoms with van der Waals surface area (Å²) in [5.41, 5.74) is 3.78. The minimum atomic E-state index is -0.603.